The number of hydrogen-bond acceptors (Lipinski definition) is 4. The molecule has 4 nitrogen and oxygen atoms in total. The fourth-order valence-electron chi connectivity index (χ4n) is 1.50. The summed E-state index contributed by atoms with van der Waals surface area (Å²) in [5.41, 5.74) is 0. The van der Waals surface area contributed by atoms with E-state index in [0.29, 0.717) is 29.5 Å². The van der Waals surface area contributed by atoms with Crippen molar-refractivity contribution in [3.8, 4) is 0 Å². The highest BCUT2D eigenvalue weighted by Gasteiger charge is 2.32. The van der Waals surface area contributed by atoms with Crippen LogP contribution in [0.1, 0.15) is 6.42 Å². The van der Waals surface area contributed by atoms with E-state index in [0.717, 1.165) is 0 Å². The molecule has 0 fully saturated rings. The predicted molar refractivity (Wildman–Crippen MR) is 56.3 cm³/mol. The van der Waals surface area contributed by atoms with Gasteiger partial charge in [0.15, 0.2) is 16.9 Å². The van der Waals surface area contributed by atoms with Gasteiger partial charge in [0, 0.05) is 0 Å². The molecule has 15 heavy (non-hydrogen) atoms. The molecule has 1 aliphatic rings. The molecule has 0 radical (unpaired) electrons. The highest BCUT2D eigenvalue weighted by molar-refractivity contribution is 6.24. The molecule has 0 saturated heterocycles. The molecule has 0 saturated carbocycles. The third-order valence-corrected chi connectivity index (χ3v) is 2.66. The first-order chi connectivity index (χ1) is 7.19. The Labute approximate surface area is 94.4 Å². The van der Waals surface area contributed by atoms with E-state index in [9.17, 15) is 0 Å². The maximum Gasteiger partial charge on any atom is 0.159 e. The quantitative estimate of drug-likeness (QED) is 0.698. The Balaban J connectivity index is 3.05. The summed E-state index contributed by atoms with van der Waals surface area (Å²) in [6.45, 7) is 0. The van der Waals surface area contributed by atoms with Crippen molar-refractivity contribution in [2.45, 2.75) is 11.8 Å². The van der Waals surface area contributed by atoms with Crippen LogP contribution in [0.3, 0.4) is 0 Å². The largest absolute Gasteiger partial charge is 0.497 e. The van der Waals surface area contributed by atoms with Crippen LogP contribution in [-0.2, 0) is 18.9 Å². The fraction of sp³-hybridized carbons (Fsp3) is 0.600. The highest BCUT2D eigenvalue weighted by Crippen LogP contribution is 2.34. The molecule has 0 unspecified atom stereocenters. The van der Waals surface area contributed by atoms with Gasteiger partial charge in [-0.2, -0.15) is 0 Å². The lowest BCUT2D eigenvalue weighted by molar-refractivity contribution is 0.151. The van der Waals surface area contributed by atoms with E-state index in [1.807, 2.05) is 0 Å². The Hall–Kier alpha value is -1.03. The van der Waals surface area contributed by atoms with Crippen molar-refractivity contribution < 1.29 is 18.9 Å². The molecule has 0 bridgehead atoms. The molecular formula is C10H15ClO4. The third kappa shape index (κ3) is 2.15. The zero-order chi connectivity index (χ0) is 11.4. The summed E-state index contributed by atoms with van der Waals surface area (Å²) in [4.78, 5) is 0. The van der Waals surface area contributed by atoms with Crippen LogP contribution >= 0.6 is 11.6 Å². The van der Waals surface area contributed by atoms with Crippen molar-refractivity contribution >= 4 is 11.6 Å². The van der Waals surface area contributed by atoms with Gasteiger partial charge in [-0.1, -0.05) is 0 Å². The van der Waals surface area contributed by atoms with Gasteiger partial charge in [0.05, 0.1) is 34.9 Å². The molecule has 1 aliphatic carbocycles. The molecule has 0 amide bonds. The van der Waals surface area contributed by atoms with Gasteiger partial charge >= 0.3 is 0 Å². The maximum atomic E-state index is 6.17. The molecule has 86 valence electrons. The lowest BCUT2D eigenvalue weighted by Gasteiger charge is -2.25. The van der Waals surface area contributed by atoms with Crippen LogP contribution in [0, 0.1) is 0 Å². The van der Waals surface area contributed by atoms with E-state index in [2.05, 4.69) is 0 Å². The van der Waals surface area contributed by atoms with Crippen LogP contribution in [0.4, 0.5) is 0 Å². The van der Waals surface area contributed by atoms with Gasteiger partial charge in [0.1, 0.15) is 11.5 Å². The first-order valence-electron chi connectivity index (χ1n) is 4.45. The molecule has 0 spiro atoms. The van der Waals surface area contributed by atoms with Gasteiger partial charge in [-0.05, 0) is 0 Å². The standard InChI is InChI=1S/C10H15ClO4/c1-12-6-5-7(13-2)10(15-4)8(11)9(6)14-3/h8H,5H2,1-4H3. The molecular weight excluding hydrogens is 220 g/mol. The lowest BCUT2D eigenvalue weighted by atomic mass is 10.1. The van der Waals surface area contributed by atoms with Crippen molar-refractivity contribution in [3.05, 3.63) is 23.0 Å². The normalized spacial score (nSPS) is 17.9. The minimum atomic E-state index is -0.501. The Morgan fingerprint density at radius 1 is 0.867 bits per heavy atom. The summed E-state index contributed by atoms with van der Waals surface area (Å²) >= 11 is 6.17. The third-order valence-electron chi connectivity index (χ3n) is 2.26. The lowest BCUT2D eigenvalue weighted by Crippen LogP contribution is -2.21. The van der Waals surface area contributed by atoms with E-state index in [4.69, 9.17) is 30.5 Å². The SMILES string of the molecule is COC1=C(OC)C(Cl)C(OC)=C(OC)C1. The maximum absolute atomic E-state index is 6.17. The van der Waals surface area contributed by atoms with E-state index in [-0.39, 0.29) is 0 Å². The molecule has 0 aromatic rings. The number of alkyl halides is 1. The molecule has 5 heteroatoms. The Morgan fingerprint density at radius 2 is 1.27 bits per heavy atom. The van der Waals surface area contributed by atoms with Crippen molar-refractivity contribution in [1.82, 2.24) is 0 Å². The van der Waals surface area contributed by atoms with Gasteiger partial charge in [0.2, 0.25) is 0 Å². The van der Waals surface area contributed by atoms with Crippen molar-refractivity contribution in [3.63, 3.8) is 0 Å². The monoisotopic (exact) mass is 234 g/mol. The van der Waals surface area contributed by atoms with E-state index >= 15 is 0 Å². The van der Waals surface area contributed by atoms with Crippen LogP contribution in [0.15, 0.2) is 23.0 Å². The molecule has 0 aromatic heterocycles. The summed E-state index contributed by atoms with van der Waals surface area (Å²) < 4.78 is 20.8. The molecule has 0 N–H and O–H groups in total. The van der Waals surface area contributed by atoms with Crippen LogP contribution in [0.25, 0.3) is 0 Å². The minimum Gasteiger partial charge on any atom is -0.497 e. The molecule has 0 atom stereocenters. The van der Waals surface area contributed by atoms with Gasteiger partial charge in [0.25, 0.3) is 0 Å². The van der Waals surface area contributed by atoms with Crippen LogP contribution in [0.5, 0.6) is 0 Å². The minimum absolute atomic E-state index is 0.489. The van der Waals surface area contributed by atoms with Crippen molar-refractivity contribution in [1.29, 1.82) is 0 Å². The zero-order valence-electron chi connectivity index (χ0n) is 9.30. The highest BCUT2D eigenvalue weighted by atomic mass is 35.5. The van der Waals surface area contributed by atoms with Crippen molar-refractivity contribution in [2.24, 2.45) is 0 Å². The smallest absolute Gasteiger partial charge is 0.159 e. The Morgan fingerprint density at radius 3 is 1.53 bits per heavy atom. The van der Waals surface area contributed by atoms with Gasteiger partial charge in [-0.25, -0.2) is 0 Å². The Bertz CT molecular complexity index is 268. The number of hydrogen-bond donors (Lipinski definition) is 0. The van der Waals surface area contributed by atoms with Gasteiger partial charge < -0.3 is 18.9 Å². The summed E-state index contributed by atoms with van der Waals surface area (Å²) in [5.74, 6) is 2.46. The van der Waals surface area contributed by atoms with Crippen LogP contribution in [-0.4, -0.2) is 33.8 Å². The fourth-order valence-corrected chi connectivity index (χ4v) is 1.92. The second kappa shape index (κ2) is 5.16. The molecule has 0 aliphatic heterocycles. The molecule has 0 heterocycles. The zero-order valence-corrected chi connectivity index (χ0v) is 10.1. The number of methoxy groups -OCH3 is 4. The topological polar surface area (TPSA) is 36.9 Å². The van der Waals surface area contributed by atoms with E-state index < -0.39 is 5.38 Å². The number of ether oxygens (including phenoxy) is 4. The number of halogens is 1. The summed E-state index contributed by atoms with van der Waals surface area (Å²) in [6.07, 6.45) is 0.489. The van der Waals surface area contributed by atoms with Crippen LogP contribution < -0.4 is 0 Å². The van der Waals surface area contributed by atoms with Crippen LogP contribution in [0.2, 0.25) is 0 Å². The molecule has 1 rings (SSSR count). The summed E-state index contributed by atoms with van der Waals surface area (Å²) in [5, 5.41) is -0.501. The predicted octanol–water partition coefficient (Wildman–Crippen LogP) is 2.01. The van der Waals surface area contributed by atoms with Gasteiger partial charge in [-0.3, -0.25) is 0 Å². The van der Waals surface area contributed by atoms with Gasteiger partial charge in [-0.15, -0.1) is 11.6 Å². The summed E-state index contributed by atoms with van der Waals surface area (Å²) in [6, 6.07) is 0. The second-order valence-electron chi connectivity index (χ2n) is 2.93. The Kier molecular flexibility index (Phi) is 4.15. The second-order valence-corrected chi connectivity index (χ2v) is 3.37. The average Bonchev–Trinajstić information content (AvgIpc) is 2.27. The van der Waals surface area contributed by atoms with Crippen molar-refractivity contribution in [2.75, 3.05) is 28.4 Å². The van der Waals surface area contributed by atoms with E-state index in [1.165, 1.54) is 0 Å². The first-order valence-corrected chi connectivity index (χ1v) is 4.89. The molecule has 0 aromatic carbocycles. The first kappa shape index (κ1) is 12.0. The van der Waals surface area contributed by atoms with E-state index in [1.54, 1.807) is 28.4 Å². The summed E-state index contributed by atoms with van der Waals surface area (Å²) in [7, 11) is 6.25. The average molecular weight is 235 g/mol. The number of rotatable bonds is 4.